The standard InChI is InChI=1S/C22H25N5O2/c1-16-21(17(2)27(26-16)15-18-7-5-4-6-8-18)13-24-25-22(28)14-23-19-9-11-20(29-3)12-10-19/h4-13,23H,14-15H2,1-3H3,(H,25,28)/b24-13-. The van der Waals surface area contributed by atoms with E-state index in [1.54, 1.807) is 13.3 Å². The van der Waals surface area contributed by atoms with E-state index in [0.717, 1.165) is 28.4 Å². The molecular formula is C22H25N5O2. The molecule has 7 heteroatoms. The molecule has 29 heavy (non-hydrogen) atoms. The Bertz CT molecular complexity index is 978. The van der Waals surface area contributed by atoms with Crippen molar-refractivity contribution >= 4 is 17.8 Å². The van der Waals surface area contributed by atoms with Crippen LogP contribution in [0.15, 0.2) is 59.7 Å². The molecule has 1 aromatic heterocycles. The topological polar surface area (TPSA) is 80.5 Å². The van der Waals surface area contributed by atoms with Crippen LogP contribution in [0.1, 0.15) is 22.5 Å². The molecule has 0 fully saturated rings. The minimum absolute atomic E-state index is 0.120. The largest absolute Gasteiger partial charge is 0.497 e. The van der Waals surface area contributed by atoms with Crippen molar-refractivity contribution in [2.75, 3.05) is 19.0 Å². The summed E-state index contributed by atoms with van der Waals surface area (Å²) in [6, 6.07) is 17.5. The summed E-state index contributed by atoms with van der Waals surface area (Å²) in [5, 5.41) is 11.7. The van der Waals surface area contributed by atoms with Crippen LogP contribution in [0, 0.1) is 13.8 Å². The zero-order chi connectivity index (χ0) is 20.6. The second-order valence-corrected chi connectivity index (χ2v) is 6.60. The van der Waals surface area contributed by atoms with Crippen LogP contribution < -0.4 is 15.5 Å². The molecular weight excluding hydrogens is 366 g/mol. The van der Waals surface area contributed by atoms with Crippen molar-refractivity contribution in [2.24, 2.45) is 5.10 Å². The monoisotopic (exact) mass is 391 g/mol. The number of nitrogens with zero attached hydrogens (tertiary/aromatic N) is 3. The number of hydrazone groups is 1. The van der Waals surface area contributed by atoms with E-state index in [2.05, 4.69) is 33.1 Å². The fourth-order valence-electron chi connectivity index (χ4n) is 2.91. The molecule has 1 heterocycles. The highest BCUT2D eigenvalue weighted by molar-refractivity contribution is 5.85. The van der Waals surface area contributed by atoms with Crippen LogP contribution in [0.5, 0.6) is 5.75 Å². The van der Waals surface area contributed by atoms with Gasteiger partial charge in [-0.25, -0.2) is 5.43 Å². The molecule has 0 aliphatic carbocycles. The molecule has 0 aliphatic rings. The third-order valence-electron chi connectivity index (χ3n) is 4.54. The SMILES string of the molecule is COc1ccc(NCC(=O)N/N=C\c2c(C)nn(Cc3ccccc3)c2C)cc1. The lowest BCUT2D eigenvalue weighted by atomic mass is 10.2. The maximum Gasteiger partial charge on any atom is 0.259 e. The average Bonchev–Trinajstić information content (AvgIpc) is 3.00. The summed E-state index contributed by atoms with van der Waals surface area (Å²) in [5.74, 6) is 0.534. The van der Waals surface area contributed by atoms with E-state index in [0.29, 0.717) is 6.54 Å². The van der Waals surface area contributed by atoms with Crippen molar-refractivity contribution in [3.05, 3.63) is 77.1 Å². The van der Waals surface area contributed by atoms with Crippen molar-refractivity contribution in [3.63, 3.8) is 0 Å². The van der Waals surface area contributed by atoms with Gasteiger partial charge in [0, 0.05) is 16.9 Å². The Balaban J connectivity index is 1.54. The molecule has 0 saturated heterocycles. The number of carbonyl (C=O) groups excluding carboxylic acids is 1. The lowest BCUT2D eigenvalue weighted by molar-refractivity contribution is -0.119. The molecule has 150 valence electrons. The first-order valence-corrected chi connectivity index (χ1v) is 9.34. The Hall–Kier alpha value is -3.61. The summed E-state index contributed by atoms with van der Waals surface area (Å²) in [4.78, 5) is 12.0. The van der Waals surface area contributed by atoms with E-state index >= 15 is 0 Å². The van der Waals surface area contributed by atoms with Crippen molar-refractivity contribution < 1.29 is 9.53 Å². The first-order chi connectivity index (χ1) is 14.1. The van der Waals surface area contributed by atoms with Crippen LogP contribution in [-0.4, -0.2) is 35.6 Å². The van der Waals surface area contributed by atoms with Gasteiger partial charge in [0.15, 0.2) is 0 Å². The van der Waals surface area contributed by atoms with Crippen LogP contribution in [0.4, 0.5) is 5.69 Å². The smallest absolute Gasteiger partial charge is 0.259 e. The minimum Gasteiger partial charge on any atom is -0.497 e. The van der Waals surface area contributed by atoms with Crippen LogP contribution in [-0.2, 0) is 11.3 Å². The van der Waals surface area contributed by atoms with Gasteiger partial charge in [-0.2, -0.15) is 10.2 Å². The van der Waals surface area contributed by atoms with Crippen LogP contribution >= 0.6 is 0 Å². The summed E-state index contributed by atoms with van der Waals surface area (Å²) in [6.45, 7) is 4.74. The number of nitrogens with one attached hydrogen (secondary N) is 2. The molecule has 2 aromatic carbocycles. The van der Waals surface area contributed by atoms with Crippen LogP contribution in [0.25, 0.3) is 0 Å². The molecule has 0 radical (unpaired) electrons. The highest BCUT2D eigenvalue weighted by atomic mass is 16.5. The summed E-state index contributed by atoms with van der Waals surface area (Å²) in [6.07, 6.45) is 1.64. The molecule has 3 aromatic rings. The fraction of sp³-hybridized carbons (Fsp3) is 0.227. The Morgan fingerprint density at radius 3 is 2.55 bits per heavy atom. The van der Waals surface area contributed by atoms with Gasteiger partial charge in [-0.15, -0.1) is 0 Å². The maximum absolute atomic E-state index is 12.0. The fourth-order valence-corrected chi connectivity index (χ4v) is 2.91. The molecule has 0 aliphatic heterocycles. The van der Waals surface area contributed by atoms with Gasteiger partial charge in [0.2, 0.25) is 0 Å². The highest BCUT2D eigenvalue weighted by Gasteiger charge is 2.10. The van der Waals surface area contributed by atoms with E-state index in [9.17, 15) is 4.79 Å². The van der Waals surface area contributed by atoms with Crippen LogP contribution in [0.2, 0.25) is 0 Å². The van der Waals surface area contributed by atoms with E-state index in [1.807, 2.05) is 61.0 Å². The Morgan fingerprint density at radius 1 is 1.14 bits per heavy atom. The molecule has 0 atom stereocenters. The quantitative estimate of drug-likeness (QED) is 0.457. The Morgan fingerprint density at radius 2 is 1.86 bits per heavy atom. The molecule has 1 amide bonds. The third-order valence-corrected chi connectivity index (χ3v) is 4.54. The summed E-state index contributed by atoms with van der Waals surface area (Å²) in [5.41, 5.74) is 7.33. The number of anilines is 1. The van der Waals surface area contributed by atoms with Crippen molar-refractivity contribution in [3.8, 4) is 5.75 Å². The molecule has 3 rings (SSSR count). The second kappa shape index (κ2) is 9.54. The normalized spacial score (nSPS) is 10.9. The number of aromatic nitrogens is 2. The van der Waals surface area contributed by atoms with E-state index in [-0.39, 0.29) is 12.5 Å². The first-order valence-electron chi connectivity index (χ1n) is 9.34. The number of aryl methyl sites for hydroxylation is 1. The predicted octanol–water partition coefficient (Wildman–Crippen LogP) is 3.12. The average molecular weight is 391 g/mol. The molecule has 7 nitrogen and oxygen atoms in total. The summed E-state index contributed by atoms with van der Waals surface area (Å²) in [7, 11) is 1.61. The molecule has 0 saturated carbocycles. The number of hydrogen-bond acceptors (Lipinski definition) is 5. The molecule has 0 spiro atoms. The van der Waals surface area contributed by atoms with Gasteiger partial charge in [0.25, 0.3) is 5.91 Å². The van der Waals surface area contributed by atoms with Gasteiger partial charge < -0.3 is 10.1 Å². The number of carbonyl (C=O) groups is 1. The number of rotatable bonds is 8. The van der Waals surface area contributed by atoms with Gasteiger partial charge in [-0.05, 0) is 43.7 Å². The molecule has 2 N–H and O–H groups in total. The highest BCUT2D eigenvalue weighted by Crippen LogP contribution is 2.15. The maximum atomic E-state index is 12.0. The van der Waals surface area contributed by atoms with Gasteiger partial charge in [0.05, 0.1) is 32.1 Å². The van der Waals surface area contributed by atoms with Crippen molar-refractivity contribution in [1.29, 1.82) is 0 Å². The lowest BCUT2D eigenvalue weighted by Crippen LogP contribution is -2.25. The minimum atomic E-state index is -0.232. The Kier molecular flexibility index (Phi) is 6.63. The van der Waals surface area contributed by atoms with Gasteiger partial charge in [-0.3, -0.25) is 9.48 Å². The molecule has 0 bridgehead atoms. The number of hydrogen-bond donors (Lipinski definition) is 2. The number of ether oxygens (including phenoxy) is 1. The second-order valence-electron chi connectivity index (χ2n) is 6.60. The lowest BCUT2D eigenvalue weighted by Gasteiger charge is -2.06. The summed E-state index contributed by atoms with van der Waals surface area (Å²) < 4.78 is 7.05. The Labute approximate surface area is 170 Å². The molecule has 0 unspecified atom stereocenters. The van der Waals surface area contributed by atoms with E-state index in [1.165, 1.54) is 5.56 Å². The van der Waals surface area contributed by atoms with Gasteiger partial charge in [0.1, 0.15) is 5.75 Å². The zero-order valence-corrected chi connectivity index (χ0v) is 16.8. The third kappa shape index (κ3) is 5.44. The van der Waals surface area contributed by atoms with E-state index < -0.39 is 0 Å². The van der Waals surface area contributed by atoms with Gasteiger partial charge >= 0.3 is 0 Å². The van der Waals surface area contributed by atoms with Gasteiger partial charge in [-0.1, -0.05) is 30.3 Å². The number of benzene rings is 2. The summed E-state index contributed by atoms with van der Waals surface area (Å²) >= 11 is 0. The number of methoxy groups -OCH3 is 1. The predicted molar refractivity (Wildman–Crippen MR) is 114 cm³/mol. The van der Waals surface area contributed by atoms with Crippen molar-refractivity contribution in [2.45, 2.75) is 20.4 Å². The number of amides is 1. The van der Waals surface area contributed by atoms with Crippen molar-refractivity contribution in [1.82, 2.24) is 15.2 Å². The van der Waals surface area contributed by atoms with Crippen LogP contribution in [0.3, 0.4) is 0 Å². The zero-order valence-electron chi connectivity index (χ0n) is 16.8. The first kappa shape index (κ1) is 20.1. The van der Waals surface area contributed by atoms with E-state index in [4.69, 9.17) is 4.74 Å².